The van der Waals surface area contributed by atoms with Gasteiger partial charge in [0.05, 0.1) is 17.6 Å². The number of hydrogen-bond acceptors (Lipinski definition) is 3. The fourth-order valence-corrected chi connectivity index (χ4v) is 6.71. The number of nitrogens with zero attached hydrogens (tertiary/aromatic N) is 5. The van der Waals surface area contributed by atoms with Crippen LogP contribution in [0.3, 0.4) is 0 Å². The summed E-state index contributed by atoms with van der Waals surface area (Å²) in [5.41, 5.74) is 11.3. The fraction of sp³-hybridized carbons (Fsp3) is 0. The molecular formula is C46H29N5. The predicted molar refractivity (Wildman–Crippen MR) is 208 cm³/mol. The zero-order chi connectivity index (χ0) is 34.1. The highest BCUT2D eigenvalue weighted by molar-refractivity contribution is 6.11. The smallest absolute Gasteiger partial charge is 0.187 e. The van der Waals surface area contributed by atoms with Crippen LogP contribution in [0.15, 0.2) is 176 Å². The van der Waals surface area contributed by atoms with E-state index in [9.17, 15) is 0 Å². The second kappa shape index (κ2) is 12.7. The number of hydrogen-bond donors (Lipinski definition) is 0. The Labute approximate surface area is 295 Å². The average molecular weight is 652 g/mol. The van der Waals surface area contributed by atoms with E-state index in [4.69, 9.17) is 21.5 Å². The Bertz CT molecular complexity index is 2650. The first-order valence-corrected chi connectivity index (χ1v) is 16.8. The molecule has 0 unspecified atom stereocenters. The van der Waals surface area contributed by atoms with E-state index in [1.165, 1.54) is 10.8 Å². The fourth-order valence-electron chi connectivity index (χ4n) is 6.71. The minimum absolute atomic E-state index is 0.634. The quantitative estimate of drug-likeness (QED) is 0.168. The van der Waals surface area contributed by atoms with E-state index in [1.807, 2.05) is 91.0 Å². The zero-order valence-electron chi connectivity index (χ0n) is 27.5. The van der Waals surface area contributed by atoms with Gasteiger partial charge in [0, 0.05) is 33.2 Å². The van der Waals surface area contributed by atoms with Gasteiger partial charge in [-0.1, -0.05) is 146 Å². The summed E-state index contributed by atoms with van der Waals surface area (Å²) in [5, 5.41) is 2.36. The molecule has 0 aliphatic carbocycles. The van der Waals surface area contributed by atoms with Crippen LogP contribution >= 0.6 is 0 Å². The molecule has 5 nitrogen and oxygen atoms in total. The maximum Gasteiger partial charge on any atom is 0.187 e. The van der Waals surface area contributed by atoms with E-state index < -0.39 is 0 Å². The first kappa shape index (κ1) is 29.9. The van der Waals surface area contributed by atoms with E-state index in [0.717, 1.165) is 55.7 Å². The van der Waals surface area contributed by atoms with E-state index in [0.29, 0.717) is 23.2 Å². The molecule has 0 saturated carbocycles. The molecule has 5 heteroatoms. The topological polar surface area (TPSA) is 48.0 Å². The summed E-state index contributed by atoms with van der Waals surface area (Å²) >= 11 is 0. The van der Waals surface area contributed by atoms with Crippen molar-refractivity contribution in [1.82, 2.24) is 19.5 Å². The predicted octanol–water partition coefficient (Wildman–Crippen LogP) is 11.9. The normalized spacial score (nSPS) is 11.1. The Morgan fingerprint density at radius 3 is 1.39 bits per heavy atom. The molecule has 0 bridgehead atoms. The molecule has 9 rings (SSSR count). The minimum Gasteiger partial charge on any atom is -0.309 e. The molecule has 0 spiro atoms. The molecule has 0 amide bonds. The van der Waals surface area contributed by atoms with Gasteiger partial charge in [-0.15, -0.1) is 0 Å². The van der Waals surface area contributed by atoms with Crippen LogP contribution in [0.2, 0.25) is 0 Å². The van der Waals surface area contributed by atoms with Crippen molar-refractivity contribution in [3.8, 4) is 62.1 Å². The van der Waals surface area contributed by atoms with Gasteiger partial charge in [-0.2, -0.15) is 0 Å². The SMILES string of the molecule is [C-]#[N+]c1ccc(-c2ccc3c4cc(-c5ccc(-c6nc(-c7ccccc7)nc(-c7ccccc7)n6)cc5)ccc4n(-c4ccccc4)c3c2)cc1. The van der Waals surface area contributed by atoms with Crippen molar-refractivity contribution >= 4 is 27.5 Å². The van der Waals surface area contributed by atoms with Crippen LogP contribution in [0.1, 0.15) is 0 Å². The number of rotatable bonds is 6. The molecular weight excluding hydrogens is 623 g/mol. The van der Waals surface area contributed by atoms with Gasteiger partial charge >= 0.3 is 0 Å². The van der Waals surface area contributed by atoms with E-state index in [-0.39, 0.29) is 0 Å². The van der Waals surface area contributed by atoms with Crippen molar-refractivity contribution in [2.75, 3.05) is 0 Å². The molecule has 0 aliphatic rings. The van der Waals surface area contributed by atoms with Gasteiger partial charge < -0.3 is 4.57 Å². The summed E-state index contributed by atoms with van der Waals surface area (Å²) in [5.74, 6) is 1.93. The summed E-state index contributed by atoms with van der Waals surface area (Å²) < 4.78 is 2.34. The average Bonchev–Trinajstić information content (AvgIpc) is 3.54. The molecule has 238 valence electrons. The van der Waals surface area contributed by atoms with Crippen molar-refractivity contribution in [1.29, 1.82) is 0 Å². The number of fused-ring (bicyclic) bond motifs is 3. The molecule has 51 heavy (non-hydrogen) atoms. The van der Waals surface area contributed by atoms with Gasteiger partial charge in [0.1, 0.15) is 0 Å². The van der Waals surface area contributed by atoms with Crippen LogP contribution < -0.4 is 0 Å². The van der Waals surface area contributed by atoms with Gasteiger partial charge in [0.25, 0.3) is 0 Å². The summed E-state index contributed by atoms with van der Waals surface area (Å²) in [4.78, 5) is 18.2. The summed E-state index contributed by atoms with van der Waals surface area (Å²) in [6, 6.07) is 60.2. The Morgan fingerprint density at radius 2 is 0.824 bits per heavy atom. The highest BCUT2D eigenvalue weighted by atomic mass is 15.0. The molecule has 0 aliphatic heterocycles. The van der Waals surface area contributed by atoms with Gasteiger partial charge in [-0.05, 0) is 52.6 Å². The molecule has 7 aromatic carbocycles. The van der Waals surface area contributed by atoms with Crippen molar-refractivity contribution in [2.45, 2.75) is 0 Å². The van der Waals surface area contributed by atoms with Crippen LogP contribution in [-0.2, 0) is 0 Å². The van der Waals surface area contributed by atoms with Gasteiger partial charge in [0.15, 0.2) is 23.2 Å². The number of benzene rings is 7. The van der Waals surface area contributed by atoms with Gasteiger partial charge in [-0.25, -0.2) is 19.8 Å². The summed E-state index contributed by atoms with van der Waals surface area (Å²) in [7, 11) is 0. The first-order chi connectivity index (χ1) is 25.2. The van der Waals surface area contributed by atoms with Crippen LogP contribution in [-0.4, -0.2) is 19.5 Å². The standard InChI is InChI=1S/C46H29N5/c1-47-38-25-21-32(22-26-38)37-23-27-40-41-29-36(24-28-42(41)51(43(40)30-37)39-15-9-4-10-16-39)31-17-19-35(20-18-31)46-49-44(33-11-5-2-6-12-33)48-45(50-46)34-13-7-3-8-14-34/h2-30H. The Balaban J connectivity index is 1.13. The van der Waals surface area contributed by atoms with Crippen LogP contribution in [0.5, 0.6) is 0 Å². The Hall–Kier alpha value is -7.16. The van der Waals surface area contributed by atoms with Crippen LogP contribution in [0, 0.1) is 6.57 Å². The Morgan fingerprint density at radius 1 is 0.373 bits per heavy atom. The molecule has 2 aromatic heterocycles. The van der Waals surface area contributed by atoms with Crippen molar-refractivity contribution in [2.24, 2.45) is 0 Å². The minimum atomic E-state index is 0.634. The largest absolute Gasteiger partial charge is 0.309 e. The van der Waals surface area contributed by atoms with Gasteiger partial charge in [-0.3, -0.25) is 0 Å². The highest BCUT2D eigenvalue weighted by Gasteiger charge is 2.16. The molecule has 0 N–H and O–H groups in total. The molecule has 0 fully saturated rings. The molecule has 0 atom stereocenters. The summed E-state index contributed by atoms with van der Waals surface area (Å²) in [6.45, 7) is 7.33. The lowest BCUT2D eigenvalue weighted by molar-refractivity contribution is 1.07. The van der Waals surface area contributed by atoms with E-state index >= 15 is 0 Å². The van der Waals surface area contributed by atoms with Crippen LogP contribution in [0.25, 0.3) is 88.8 Å². The van der Waals surface area contributed by atoms with Crippen molar-refractivity contribution in [3.63, 3.8) is 0 Å². The van der Waals surface area contributed by atoms with Crippen molar-refractivity contribution in [3.05, 3.63) is 187 Å². The molecule has 9 aromatic rings. The number of para-hydroxylation sites is 1. The Kier molecular flexibility index (Phi) is 7.46. The second-order valence-electron chi connectivity index (χ2n) is 12.4. The maximum atomic E-state index is 7.33. The number of aromatic nitrogens is 4. The molecule has 2 heterocycles. The van der Waals surface area contributed by atoms with Crippen LogP contribution in [0.4, 0.5) is 5.69 Å². The van der Waals surface area contributed by atoms with Gasteiger partial charge in [0.2, 0.25) is 0 Å². The lowest BCUT2D eigenvalue weighted by atomic mass is 10.00. The van der Waals surface area contributed by atoms with E-state index in [2.05, 4.69) is 94.3 Å². The maximum absolute atomic E-state index is 7.33. The first-order valence-electron chi connectivity index (χ1n) is 16.8. The third-order valence-corrected chi connectivity index (χ3v) is 9.29. The third kappa shape index (κ3) is 5.61. The zero-order valence-corrected chi connectivity index (χ0v) is 27.5. The third-order valence-electron chi connectivity index (χ3n) is 9.29. The highest BCUT2D eigenvalue weighted by Crippen LogP contribution is 2.37. The molecule has 0 radical (unpaired) electrons. The molecule has 0 saturated heterocycles. The van der Waals surface area contributed by atoms with Crippen molar-refractivity contribution < 1.29 is 0 Å². The van der Waals surface area contributed by atoms with E-state index in [1.54, 1.807) is 0 Å². The second-order valence-corrected chi connectivity index (χ2v) is 12.4. The lowest BCUT2D eigenvalue weighted by Crippen LogP contribution is -2.00. The lowest BCUT2D eigenvalue weighted by Gasteiger charge is -2.10. The monoisotopic (exact) mass is 651 g/mol. The summed E-state index contributed by atoms with van der Waals surface area (Å²) in [6.07, 6.45) is 0.